The van der Waals surface area contributed by atoms with Crippen molar-refractivity contribution < 1.29 is 4.79 Å². The summed E-state index contributed by atoms with van der Waals surface area (Å²) < 4.78 is 1.10. The lowest BCUT2D eigenvalue weighted by Crippen LogP contribution is -2.30. The molecule has 1 amide bonds. The van der Waals surface area contributed by atoms with Crippen molar-refractivity contribution in [1.82, 2.24) is 4.98 Å². The van der Waals surface area contributed by atoms with Crippen molar-refractivity contribution in [2.24, 2.45) is 0 Å². The molecule has 0 aliphatic carbocycles. The number of thiazole rings is 1. The molecule has 0 radical (unpaired) electrons. The molecule has 0 atom stereocenters. The van der Waals surface area contributed by atoms with Crippen LogP contribution in [0.1, 0.15) is 27.0 Å². The first-order chi connectivity index (χ1) is 14.1. The van der Waals surface area contributed by atoms with Gasteiger partial charge < -0.3 is 0 Å². The van der Waals surface area contributed by atoms with E-state index in [-0.39, 0.29) is 5.91 Å². The van der Waals surface area contributed by atoms with Crippen molar-refractivity contribution in [3.63, 3.8) is 0 Å². The monoisotopic (exact) mass is 418 g/mol. The second-order valence-electron chi connectivity index (χ2n) is 6.96. The van der Waals surface area contributed by atoms with Crippen LogP contribution in [0.25, 0.3) is 10.2 Å². The summed E-state index contributed by atoms with van der Waals surface area (Å²) in [5, 5.41) is 0.733. The van der Waals surface area contributed by atoms with Crippen LogP contribution in [0, 0.1) is 13.8 Å². The van der Waals surface area contributed by atoms with Gasteiger partial charge in [0.15, 0.2) is 5.13 Å². The lowest BCUT2D eigenvalue weighted by atomic mass is 10.1. The van der Waals surface area contributed by atoms with Gasteiger partial charge in [-0.2, -0.15) is 0 Å². The van der Waals surface area contributed by atoms with Crippen LogP contribution in [0.15, 0.2) is 71.6 Å². The highest BCUT2D eigenvalue weighted by molar-refractivity contribution is 7.98. The quantitative estimate of drug-likeness (QED) is 0.348. The molecule has 0 bridgehead atoms. The number of anilines is 1. The van der Waals surface area contributed by atoms with Crippen LogP contribution in [-0.2, 0) is 6.54 Å². The number of carbonyl (C=O) groups excluding carboxylic acids is 1. The number of aryl methyl sites for hydroxylation is 2. The van der Waals surface area contributed by atoms with Gasteiger partial charge >= 0.3 is 0 Å². The zero-order chi connectivity index (χ0) is 20.4. The molecule has 3 aromatic carbocycles. The highest BCUT2D eigenvalue weighted by Gasteiger charge is 2.22. The third kappa shape index (κ3) is 4.07. The molecular weight excluding hydrogens is 396 g/mol. The van der Waals surface area contributed by atoms with Gasteiger partial charge in [-0.25, -0.2) is 4.98 Å². The van der Waals surface area contributed by atoms with Gasteiger partial charge in [-0.1, -0.05) is 47.7 Å². The van der Waals surface area contributed by atoms with Crippen molar-refractivity contribution in [2.45, 2.75) is 25.3 Å². The number of rotatable bonds is 5. The molecular formula is C24H22N2OS2. The number of amides is 1. The van der Waals surface area contributed by atoms with Crippen LogP contribution in [-0.4, -0.2) is 17.1 Å². The highest BCUT2D eigenvalue weighted by Crippen LogP contribution is 2.33. The molecule has 5 heteroatoms. The van der Waals surface area contributed by atoms with E-state index >= 15 is 0 Å². The molecule has 0 aliphatic rings. The smallest absolute Gasteiger partial charge is 0.260 e. The second-order valence-corrected chi connectivity index (χ2v) is 8.84. The Balaban J connectivity index is 1.77. The molecule has 29 heavy (non-hydrogen) atoms. The van der Waals surface area contributed by atoms with Crippen LogP contribution in [0.5, 0.6) is 0 Å². The maximum Gasteiger partial charge on any atom is 0.260 e. The summed E-state index contributed by atoms with van der Waals surface area (Å²) in [5.41, 5.74) is 5.11. The fraction of sp³-hybridized carbons (Fsp3) is 0.167. The lowest BCUT2D eigenvalue weighted by molar-refractivity contribution is 0.0985. The van der Waals surface area contributed by atoms with E-state index in [1.54, 1.807) is 28.0 Å². The normalized spacial score (nSPS) is 11.0. The molecule has 146 valence electrons. The minimum atomic E-state index is -0.0325. The largest absolute Gasteiger partial charge is 0.279 e. The van der Waals surface area contributed by atoms with Gasteiger partial charge in [0, 0.05) is 10.5 Å². The molecule has 0 N–H and O–H groups in total. The number of hydrogen-bond acceptors (Lipinski definition) is 4. The van der Waals surface area contributed by atoms with Gasteiger partial charge in [0.05, 0.1) is 16.8 Å². The van der Waals surface area contributed by atoms with E-state index < -0.39 is 0 Å². The van der Waals surface area contributed by atoms with Crippen LogP contribution in [0.2, 0.25) is 0 Å². The van der Waals surface area contributed by atoms with Crippen LogP contribution >= 0.6 is 23.1 Å². The van der Waals surface area contributed by atoms with Crippen molar-refractivity contribution in [1.29, 1.82) is 0 Å². The summed E-state index contributed by atoms with van der Waals surface area (Å²) in [6.07, 6.45) is 2.03. The Morgan fingerprint density at radius 3 is 2.41 bits per heavy atom. The van der Waals surface area contributed by atoms with Crippen molar-refractivity contribution in [3.05, 3.63) is 89.0 Å². The molecule has 3 nitrogen and oxygen atoms in total. The van der Waals surface area contributed by atoms with E-state index in [2.05, 4.69) is 26.0 Å². The number of carbonyl (C=O) groups is 1. The Morgan fingerprint density at radius 2 is 1.72 bits per heavy atom. The number of thioether (sulfide) groups is 1. The maximum absolute atomic E-state index is 13.5. The molecule has 4 aromatic rings. The molecule has 0 aliphatic heterocycles. The minimum absolute atomic E-state index is 0.0325. The van der Waals surface area contributed by atoms with E-state index in [4.69, 9.17) is 4.98 Å². The van der Waals surface area contributed by atoms with Crippen molar-refractivity contribution in [2.75, 3.05) is 11.2 Å². The second kappa shape index (κ2) is 8.39. The highest BCUT2D eigenvalue weighted by atomic mass is 32.2. The van der Waals surface area contributed by atoms with E-state index in [9.17, 15) is 4.79 Å². The fourth-order valence-corrected chi connectivity index (χ4v) is 4.64. The van der Waals surface area contributed by atoms with Gasteiger partial charge in [-0.15, -0.1) is 11.8 Å². The zero-order valence-electron chi connectivity index (χ0n) is 16.7. The van der Waals surface area contributed by atoms with E-state index in [1.165, 1.54) is 11.1 Å². The predicted molar refractivity (Wildman–Crippen MR) is 124 cm³/mol. The molecule has 0 saturated heterocycles. The van der Waals surface area contributed by atoms with Gasteiger partial charge in [0.2, 0.25) is 0 Å². The predicted octanol–water partition coefficient (Wildman–Crippen LogP) is 6.48. The first-order valence-corrected chi connectivity index (χ1v) is 11.5. The van der Waals surface area contributed by atoms with E-state index in [0.29, 0.717) is 12.1 Å². The van der Waals surface area contributed by atoms with Crippen LogP contribution < -0.4 is 4.90 Å². The number of benzene rings is 3. The SMILES string of the molecule is CSc1ccc(C(=O)N(Cc2ccccc2)c2nc3c(C)c(C)ccc3s2)cc1. The zero-order valence-corrected chi connectivity index (χ0v) is 18.3. The van der Waals surface area contributed by atoms with E-state index in [0.717, 1.165) is 25.8 Å². The minimum Gasteiger partial charge on any atom is -0.279 e. The van der Waals surface area contributed by atoms with Crippen molar-refractivity contribution in [3.8, 4) is 0 Å². The third-order valence-electron chi connectivity index (χ3n) is 5.07. The Labute approximate surface area is 179 Å². The molecule has 0 fully saturated rings. The average Bonchev–Trinajstić information content (AvgIpc) is 3.20. The summed E-state index contributed by atoms with van der Waals surface area (Å²) in [7, 11) is 0. The molecule has 0 saturated carbocycles. The Bertz CT molecular complexity index is 1150. The van der Waals surface area contributed by atoms with Gasteiger partial charge in [0.1, 0.15) is 0 Å². The number of hydrogen-bond donors (Lipinski definition) is 0. The molecule has 4 rings (SSSR count). The van der Waals surface area contributed by atoms with E-state index in [1.807, 2.05) is 60.9 Å². The first kappa shape index (κ1) is 19.7. The summed E-state index contributed by atoms with van der Waals surface area (Å²) in [4.78, 5) is 21.3. The standard InChI is InChI=1S/C24H22N2OS2/c1-16-9-14-21-22(17(16)2)25-24(29-21)26(15-18-7-5-4-6-8-18)23(27)19-10-12-20(28-3)13-11-19/h4-14H,15H2,1-3H3. The lowest BCUT2D eigenvalue weighted by Gasteiger charge is -2.20. The summed E-state index contributed by atoms with van der Waals surface area (Å²) >= 11 is 3.24. The summed E-state index contributed by atoms with van der Waals surface area (Å²) in [6.45, 7) is 4.67. The topological polar surface area (TPSA) is 33.2 Å². The Kier molecular flexibility index (Phi) is 5.69. The van der Waals surface area contributed by atoms with Gasteiger partial charge in [0.25, 0.3) is 5.91 Å². The molecule has 1 heterocycles. The number of fused-ring (bicyclic) bond motifs is 1. The van der Waals surface area contributed by atoms with Crippen LogP contribution in [0.4, 0.5) is 5.13 Å². The fourth-order valence-electron chi connectivity index (χ4n) is 3.21. The van der Waals surface area contributed by atoms with Gasteiger partial charge in [-0.05, 0) is 67.1 Å². The average molecular weight is 419 g/mol. The Morgan fingerprint density at radius 1 is 1.00 bits per heavy atom. The Hall–Kier alpha value is -2.63. The van der Waals surface area contributed by atoms with Gasteiger partial charge in [-0.3, -0.25) is 9.69 Å². The summed E-state index contributed by atoms with van der Waals surface area (Å²) in [6, 6.07) is 22.1. The third-order valence-corrected chi connectivity index (χ3v) is 6.86. The molecule has 0 unspecified atom stereocenters. The summed E-state index contributed by atoms with van der Waals surface area (Å²) in [5.74, 6) is -0.0325. The molecule has 1 aromatic heterocycles. The first-order valence-electron chi connectivity index (χ1n) is 9.43. The van der Waals surface area contributed by atoms with Crippen LogP contribution in [0.3, 0.4) is 0 Å². The number of aromatic nitrogens is 1. The van der Waals surface area contributed by atoms with Crippen molar-refractivity contribution >= 4 is 44.4 Å². The number of nitrogens with zero attached hydrogens (tertiary/aromatic N) is 2. The molecule has 0 spiro atoms. The maximum atomic E-state index is 13.5.